The number of carbonyl (C=O) groups is 2. The predicted octanol–water partition coefficient (Wildman–Crippen LogP) is -0.116. The van der Waals surface area contributed by atoms with Crippen molar-refractivity contribution in [1.29, 1.82) is 0 Å². The Morgan fingerprint density at radius 3 is 2.65 bits per heavy atom. The Labute approximate surface area is 101 Å². The molecule has 0 bridgehead atoms. The molecule has 1 saturated carbocycles. The van der Waals surface area contributed by atoms with Gasteiger partial charge in [-0.1, -0.05) is 12.8 Å². The van der Waals surface area contributed by atoms with Crippen LogP contribution in [0.1, 0.15) is 32.1 Å². The molecule has 17 heavy (non-hydrogen) atoms. The van der Waals surface area contributed by atoms with Crippen LogP contribution < -0.4 is 5.32 Å². The normalized spacial score (nSPS) is 34.5. The molecule has 2 amide bonds. The van der Waals surface area contributed by atoms with Crippen molar-refractivity contribution < 1.29 is 14.7 Å². The Hall–Kier alpha value is -0.940. The van der Waals surface area contributed by atoms with Gasteiger partial charge in [0.2, 0.25) is 11.8 Å². The lowest BCUT2D eigenvalue weighted by Gasteiger charge is -2.28. The third kappa shape index (κ3) is 2.66. The number of likely N-dealkylation sites (N-methyl/N-ethyl adjacent to an activating group) is 1. The molecule has 5 heteroatoms. The maximum atomic E-state index is 11.7. The van der Waals surface area contributed by atoms with E-state index in [2.05, 4.69) is 5.32 Å². The van der Waals surface area contributed by atoms with Crippen LogP contribution in [0.4, 0.5) is 0 Å². The first-order chi connectivity index (χ1) is 8.09. The lowest BCUT2D eigenvalue weighted by atomic mass is 9.86. The van der Waals surface area contributed by atoms with Gasteiger partial charge in [0.15, 0.2) is 0 Å². The molecule has 3 unspecified atom stereocenters. The van der Waals surface area contributed by atoms with E-state index in [1.54, 1.807) is 0 Å². The van der Waals surface area contributed by atoms with Gasteiger partial charge in [0.25, 0.3) is 0 Å². The number of likely N-dealkylation sites (tertiary alicyclic amines) is 1. The number of nitrogens with zero attached hydrogens (tertiary/aromatic N) is 1. The van der Waals surface area contributed by atoms with Gasteiger partial charge in [-0.3, -0.25) is 14.5 Å². The summed E-state index contributed by atoms with van der Waals surface area (Å²) in [4.78, 5) is 24.2. The number of hydrogen-bond acceptors (Lipinski definition) is 4. The monoisotopic (exact) mass is 240 g/mol. The molecule has 2 fully saturated rings. The number of amides is 2. The van der Waals surface area contributed by atoms with Crippen LogP contribution >= 0.6 is 0 Å². The standard InChI is InChI=1S/C12H20N2O3/c1-14-11(16)6-9(12(14)17)13-7-8-4-2-3-5-10(8)15/h8-10,13,15H,2-7H2,1H3. The summed E-state index contributed by atoms with van der Waals surface area (Å²) in [5.74, 6) is -0.0606. The fourth-order valence-corrected chi connectivity index (χ4v) is 2.63. The Kier molecular flexibility index (Phi) is 3.79. The SMILES string of the molecule is CN1C(=O)CC(NCC2CCCCC2O)C1=O. The first-order valence-electron chi connectivity index (χ1n) is 6.31. The van der Waals surface area contributed by atoms with E-state index in [1.165, 1.54) is 11.9 Å². The minimum Gasteiger partial charge on any atom is -0.393 e. The molecule has 2 rings (SSSR count). The van der Waals surface area contributed by atoms with Crippen LogP contribution in [-0.2, 0) is 9.59 Å². The van der Waals surface area contributed by atoms with Gasteiger partial charge in [0, 0.05) is 13.6 Å². The molecular formula is C12H20N2O3. The molecule has 0 aromatic carbocycles. The maximum absolute atomic E-state index is 11.7. The van der Waals surface area contributed by atoms with Gasteiger partial charge in [-0.25, -0.2) is 0 Å². The Morgan fingerprint density at radius 1 is 1.35 bits per heavy atom. The second-order valence-corrected chi connectivity index (χ2v) is 5.07. The molecule has 2 N–H and O–H groups in total. The number of aliphatic hydroxyl groups is 1. The van der Waals surface area contributed by atoms with E-state index in [9.17, 15) is 14.7 Å². The molecule has 1 heterocycles. The lowest BCUT2D eigenvalue weighted by Crippen LogP contribution is -2.42. The summed E-state index contributed by atoms with van der Waals surface area (Å²) in [5.41, 5.74) is 0. The van der Waals surface area contributed by atoms with Crippen molar-refractivity contribution in [2.75, 3.05) is 13.6 Å². The van der Waals surface area contributed by atoms with E-state index in [-0.39, 0.29) is 36.3 Å². The molecule has 2 aliphatic rings. The van der Waals surface area contributed by atoms with Crippen molar-refractivity contribution >= 4 is 11.8 Å². The van der Waals surface area contributed by atoms with Crippen LogP contribution in [0, 0.1) is 5.92 Å². The molecule has 0 radical (unpaired) electrons. The molecule has 1 aliphatic heterocycles. The van der Waals surface area contributed by atoms with Crippen LogP contribution in [0.3, 0.4) is 0 Å². The molecule has 0 aromatic rings. The van der Waals surface area contributed by atoms with Crippen LogP contribution in [0.25, 0.3) is 0 Å². The van der Waals surface area contributed by atoms with E-state index in [0.29, 0.717) is 6.54 Å². The summed E-state index contributed by atoms with van der Waals surface area (Å²) in [6.45, 7) is 0.624. The molecular weight excluding hydrogens is 220 g/mol. The van der Waals surface area contributed by atoms with Gasteiger partial charge in [-0.15, -0.1) is 0 Å². The fraction of sp³-hybridized carbons (Fsp3) is 0.833. The summed E-state index contributed by atoms with van der Waals surface area (Å²) >= 11 is 0. The number of nitrogens with one attached hydrogen (secondary N) is 1. The smallest absolute Gasteiger partial charge is 0.246 e. The highest BCUT2D eigenvalue weighted by molar-refractivity contribution is 6.05. The summed E-state index contributed by atoms with van der Waals surface area (Å²) < 4.78 is 0. The number of imide groups is 1. The highest BCUT2D eigenvalue weighted by atomic mass is 16.3. The average Bonchev–Trinajstić information content (AvgIpc) is 2.56. The van der Waals surface area contributed by atoms with Gasteiger partial charge in [0.05, 0.1) is 18.6 Å². The van der Waals surface area contributed by atoms with Crippen molar-refractivity contribution in [2.45, 2.75) is 44.2 Å². The highest BCUT2D eigenvalue weighted by Crippen LogP contribution is 2.24. The number of rotatable bonds is 3. The minimum absolute atomic E-state index is 0.128. The van der Waals surface area contributed by atoms with Crippen molar-refractivity contribution in [3.63, 3.8) is 0 Å². The van der Waals surface area contributed by atoms with Gasteiger partial charge in [0.1, 0.15) is 0 Å². The zero-order valence-electron chi connectivity index (χ0n) is 10.2. The summed E-state index contributed by atoms with van der Waals surface area (Å²) in [5, 5.41) is 12.9. The van der Waals surface area contributed by atoms with Gasteiger partial charge in [-0.2, -0.15) is 0 Å². The minimum atomic E-state index is -0.387. The fourth-order valence-electron chi connectivity index (χ4n) is 2.63. The number of hydrogen-bond donors (Lipinski definition) is 2. The van der Waals surface area contributed by atoms with E-state index in [1.807, 2.05) is 0 Å². The van der Waals surface area contributed by atoms with Gasteiger partial charge >= 0.3 is 0 Å². The van der Waals surface area contributed by atoms with E-state index < -0.39 is 0 Å². The van der Waals surface area contributed by atoms with Crippen LogP contribution in [0.15, 0.2) is 0 Å². The van der Waals surface area contributed by atoms with Crippen molar-refractivity contribution in [2.24, 2.45) is 5.92 Å². The van der Waals surface area contributed by atoms with Gasteiger partial charge < -0.3 is 10.4 Å². The van der Waals surface area contributed by atoms with Crippen LogP contribution in [0.5, 0.6) is 0 Å². The number of carbonyl (C=O) groups excluding carboxylic acids is 2. The Balaban J connectivity index is 1.82. The largest absolute Gasteiger partial charge is 0.393 e. The summed E-state index contributed by atoms with van der Waals surface area (Å²) in [6, 6.07) is -0.387. The number of aliphatic hydroxyl groups excluding tert-OH is 1. The predicted molar refractivity (Wildman–Crippen MR) is 62.1 cm³/mol. The quantitative estimate of drug-likeness (QED) is 0.675. The van der Waals surface area contributed by atoms with Gasteiger partial charge in [-0.05, 0) is 18.8 Å². The van der Waals surface area contributed by atoms with Crippen molar-refractivity contribution in [3.8, 4) is 0 Å². The average molecular weight is 240 g/mol. The first-order valence-corrected chi connectivity index (χ1v) is 6.31. The van der Waals surface area contributed by atoms with Crippen molar-refractivity contribution in [3.05, 3.63) is 0 Å². The second-order valence-electron chi connectivity index (χ2n) is 5.07. The molecule has 3 atom stereocenters. The first kappa shape index (κ1) is 12.5. The molecule has 96 valence electrons. The van der Waals surface area contributed by atoms with E-state index in [0.717, 1.165) is 25.7 Å². The van der Waals surface area contributed by atoms with Crippen molar-refractivity contribution in [1.82, 2.24) is 10.2 Å². The highest BCUT2D eigenvalue weighted by Gasteiger charge is 2.36. The third-order valence-corrected chi connectivity index (χ3v) is 3.88. The van der Waals surface area contributed by atoms with Crippen LogP contribution in [-0.4, -0.2) is 47.6 Å². The third-order valence-electron chi connectivity index (χ3n) is 3.88. The molecule has 5 nitrogen and oxygen atoms in total. The molecule has 0 spiro atoms. The summed E-state index contributed by atoms with van der Waals surface area (Å²) in [7, 11) is 1.52. The second kappa shape index (κ2) is 5.14. The Bertz CT molecular complexity index is 319. The molecule has 1 aliphatic carbocycles. The molecule has 1 saturated heterocycles. The topological polar surface area (TPSA) is 69.6 Å². The van der Waals surface area contributed by atoms with E-state index in [4.69, 9.17) is 0 Å². The van der Waals surface area contributed by atoms with E-state index >= 15 is 0 Å². The summed E-state index contributed by atoms with van der Waals surface area (Å²) in [6.07, 6.45) is 4.06. The maximum Gasteiger partial charge on any atom is 0.246 e. The Morgan fingerprint density at radius 2 is 2.06 bits per heavy atom. The zero-order valence-corrected chi connectivity index (χ0v) is 10.2. The van der Waals surface area contributed by atoms with Crippen LogP contribution in [0.2, 0.25) is 0 Å². The lowest BCUT2D eigenvalue weighted by molar-refractivity contribution is -0.137. The zero-order chi connectivity index (χ0) is 12.4. The molecule has 0 aromatic heterocycles.